The van der Waals surface area contributed by atoms with Crippen molar-refractivity contribution in [3.63, 3.8) is 0 Å². The normalized spacial score (nSPS) is 20.5. The van der Waals surface area contributed by atoms with Gasteiger partial charge in [0.1, 0.15) is 6.33 Å². The molecule has 0 spiro atoms. The number of hydrogen-bond acceptors (Lipinski definition) is 5. The Morgan fingerprint density at radius 3 is 3.17 bits per heavy atom. The molecule has 2 heterocycles. The van der Waals surface area contributed by atoms with Crippen molar-refractivity contribution in [2.24, 2.45) is 0 Å². The smallest absolute Gasteiger partial charge is 0.191 e. The Labute approximate surface area is 112 Å². The van der Waals surface area contributed by atoms with E-state index in [2.05, 4.69) is 28.6 Å². The highest BCUT2D eigenvalue weighted by Gasteiger charge is 2.14. The van der Waals surface area contributed by atoms with Crippen molar-refractivity contribution in [2.45, 2.75) is 50.6 Å². The molecule has 18 heavy (non-hydrogen) atoms. The van der Waals surface area contributed by atoms with Crippen LogP contribution in [-0.2, 0) is 9.47 Å². The maximum Gasteiger partial charge on any atom is 0.191 e. The molecule has 0 unspecified atom stereocenters. The Morgan fingerprint density at radius 2 is 2.44 bits per heavy atom. The number of rotatable bonds is 6. The van der Waals surface area contributed by atoms with Crippen molar-refractivity contribution in [3.05, 3.63) is 6.33 Å². The van der Waals surface area contributed by atoms with Crippen molar-refractivity contribution < 1.29 is 9.47 Å². The maximum absolute atomic E-state index is 5.68. The highest BCUT2D eigenvalue weighted by Crippen LogP contribution is 2.19. The predicted molar refractivity (Wildman–Crippen MR) is 70.7 cm³/mol. The summed E-state index contributed by atoms with van der Waals surface area (Å²) >= 11 is 1.68. The summed E-state index contributed by atoms with van der Waals surface area (Å²) in [5.74, 6) is 0.880. The van der Waals surface area contributed by atoms with Gasteiger partial charge in [0.15, 0.2) is 11.4 Å². The zero-order valence-electron chi connectivity index (χ0n) is 11.0. The molecule has 0 amide bonds. The van der Waals surface area contributed by atoms with E-state index in [9.17, 15) is 0 Å². The van der Waals surface area contributed by atoms with Gasteiger partial charge in [-0.25, -0.2) is 0 Å². The van der Waals surface area contributed by atoms with E-state index in [4.69, 9.17) is 9.47 Å². The van der Waals surface area contributed by atoms with Crippen LogP contribution in [0.1, 0.15) is 39.2 Å². The van der Waals surface area contributed by atoms with Crippen LogP contribution in [0.3, 0.4) is 0 Å². The van der Waals surface area contributed by atoms with E-state index in [-0.39, 0.29) is 6.29 Å². The molecule has 1 aromatic heterocycles. The van der Waals surface area contributed by atoms with Gasteiger partial charge in [-0.3, -0.25) is 0 Å². The number of nitrogens with zero attached hydrogens (tertiary/aromatic N) is 3. The lowest BCUT2D eigenvalue weighted by Gasteiger charge is -2.22. The molecule has 1 aromatic rings. The van der Waals surface area contributed by atoms with Gasteiger partial charge < -0.3 is 14.0 Å². The van der Waals surface area contributed by atoms with Crippen LogP contribution >= 0.6 is 11.8 Å². The minimum absolute atomic E-state index is 0.00215. The van der Waals surface area contributed by atoms with E-state index in [1.165, 1.54) is 6.42 Å². The van der Waals surface area contributed by atoms with Crippen LogP contribution in [0.5, 0.6) is 0 Å². The first-order valence-corrected chi connectivity index (χ1v) is 7.51. The molecule has 1 aliphatic rings. The molecule has 0 N–H and O–H groups in total. The molecule has 1 fully saturated rings. The topological polar surface area (TPSA) is 49.2 Å². The van der Waals surface area contributed by atoms with Crippen molar-refractivity contribution >= 4 is 11.8 Å². The van der Waals surface area contributed by atoms with Crippen LogP contribution in [0.15, 0.2) is 11.5 Å². The number of thioether (sulfide) groups is 1. The molecule has 0 saturated carbocycles. The average molecular weight is 271 g/mol. The average Bonchev–Trinajstić information content (AvgIpc) is 2.84. The standard InChI is InChI=1S/C12H21N3O2S/c1-10(2)15-9-13-14-12(15)18-8-7-17-11-5-3-4-6-16-11/h9-11H,3-8H2,1-2H3/t11-/m1/s1. The minimum atomic E-state index is 0.00215. The third kappa shape index (κ3) is 3.96. The lowest BCUT2D eigenvalue weighted by molar-refractivity contribution is -0.158. The highest BCUT2D eigenvalue weighted by molar-refractivity contribution is 7.99. The Bertz CT molecular complexity index is 351. The largest absolute Gasteiger partial charge is 0.353 e. The summed E-state index contributed by atoms with van der Waals surface area (Å²) in [6.45, 7) is 5.78. The summed E-state index contributed by atoms with van der Waals surface area (Å²) < 4.78 is 13.3. The van der Waals surface area contributed by atoms with Gasteiger partial charge in [-0.1, -0.05) is 11.8 Å². The fraction of sp³-hybridized carbons (Fsp3) is 0.833. The van der Waals surface area contributed by atoms with Gasteiger partial charge in [0.05, 0.1) is 6.61 Å². The Morgan fingerprint density at radius 1 is 1.56 bits per heavy atom. The first kappa shape index (κ1) is 13.8. The van der Waals surface area contributed by atoms with Crippen molar-refractivity contribution in [3.8, 4) is 0 Å². The zero-order chi connectivity index (χ0) is 12.8. The number of ether oxygens (including phenoxy) is 2. The van der Waals surface area contributed by atoms with Gasteiger partial charge >= 0.3 is 0 Å². The molecule has 2 rings (SSSR count). The van der Waals surface area contributed by atoms with Gasteiger partial charge in [0.25, 0.3) is 0 Å². The monoisotopic (exact) mass is 271 g/mol. The van der Waals surface area contributed by atoms with E-state index in [0.717, 1.165) is 30.4 Å². The van der Waals surface area contributed by atoms with Gasteiger partial charge in [0, 0.05) is 18.4 Å². The van der Waals surface area contributed by atoms with Gasteiger partial charge in [0.2, 0.25) is 0 Å². The second-order valence-corrected chi connectivity index (χ2v) is 5.69. The van der Waals surface area contributed by atoms with E-state index in [1.807, 2.05) is 0 Å². The second-order valence-electron chi connectivity index (χ2n) is 4.63. The fourth-order valence-corrected chi connectivity index (χ4v) is 2.72. The third-order valence-corrected chi connectivity index (χ3v) is 3.77. The fourth-order valence-electron chi connectivity index (χ4n) is 1.84. The highest BCUT2D eigenvalue weighted by atomic mass is 32.2. The van der Waals surface area contributed by atoms with Gasteiger partial charge in [-0.05, 0) is 33.1 Å². The molecule has 5 nitrogen and oxygen atoms in total. The summed E-state index contributed by atoms with van der Waals surface area (Å²) in [6.07, 6.45) is 5.17. The first-order chi connectivity index (χ1) is 8.77. The molecule has 0 radical (unpaired) electrons. The SMILES string of the molecule is CC(C)n1cnnc1SCCO[C@@H]1CCCCO1. The Hall–Kier alpha value is -0.590. The molecular formula is C12H21N3O2S. The van der Waals surface area contributed by atoms with Crippen molar-refractivity contribution in [1.29, 1.82) is 0 Å². The van der Waals surface area contributed by atoms with Gasteiger partial charge in [-0.2, -0.15) is 0 Å². The molecule has 0 aliphatic carbocycles. The Kier molecular flexibility index (Phi) is 5.46. The third-order valence-electron chi connectivity index (χ3n) is 2.85. The second kappa shape index (κ2) is 7.11. The Balaban J connectivity index is 1.66. The molecule has 1 saturated heterocycles. The van der Waals surface area contributed by atoms with E-state index >= 15 is 0 Å². The molecule has 0 bridgehead atoms. The first-order valence-electron chi connectivity index (χ1n) is 6.53. The predicted octanol–water partition coefficient (Wildman–Crippen LogP) is 2.49. The summed E-state index contributed by atoms with van der Waals surface area (Å²) in [6, 6.07) is 0.394. The molecular weight excluding hydrogens is 250 g/mol. The lowest BCUT2D eigenvalue weighted by atomic mass is 10.2. The van der Waals surface area contributed by atoms with Crippen LogP contribution < -0.4 is 0 Å². The van der Waals surface area contributed by atoms with Crippen molar-refractivity contribution in [1.82, 2.24) is 14.8 Å². The molecule has 0 aromatic carbocycles. The maximum atomic E-state index is 5.68. The summed E-state index contributed by atoms with van der Waals surface area (Å²) in [7, 11) is 0. The van der Waals surface area contributed by atoms with Crippen molar-refractivity contribution in [2.75, 3.05) is 19.0 Å². The lowest BCUT2D eigenvalue weighted by Crippen LogP contribution is -2.23. The van der Waals surface area contributed by atoms with E-state index in [0.29, 0.717) is 12.6 Å². The summed E-state index contributed by atoms with van der Waals surface area (Å²) in [4.78, 5) is 0. The molecule has 6 heteroatoms. The summed E-state index contributed by atoms with van der Waals surface area (Å²) in [5, 5.41) is 9.01. The van der Waals surface area contributed by atoms with Gasteiger partial charge in [-0.15, -0.1) is 10.2 Å². The van der Waals surface area contributed by atoms with Crippen LogP contribution in [0.25, 0.3) is 0 Å². The molecule has 1 atom stereocenters. The summed E-state index contributed by atoms with van der Waals surface area (Å²) in [5.41, 5.74) is 0. The van der Waals surface area contributed by atoms with Crippen LogP contribution in [-0.4, -0.2) is 40.0 Å². The quantitative estimate of drug-likeness (QED) is 0.587. The van der Waals surface area contributed by atoms with E-state index in [1.54, 1.807) is 18.1 Å². The van der Waals surface area contributed by atoms with Crippen LogP contribution in [0.4, 0.5) is 0 Å². The number of aromatic nitrogens is 3. The molecule has 1 aliphatic heterocycles. The number of hydrogen-bond donors (Lipinski definition) is 0. The minimum Gasteiger partial charge on any atom is -0.353 e. The molecule has 102 valence electrons. The van der Waals surface area contributed by atoms with Crippen LogP contribution in [0.2, 0.25) is 0 Å². The van der Waals surface area contributed by atoms with Crippen LogP contribution in [0, 0.1) is 0 Å². The zero-order valence-corrected chi connectivity index (χ0v) is 11.9. The van der Waals surface area contributed by atoms with E-state index < -0.39 is 0 Å².